The first-order valence-corrected chi connectivity index (χ1v) is 7.22. The van der Waals surface area contributed by atoms with Crippen LogP contribution < -0.4 is 5.32 Å². The van der Waals surface area contributed by atoms with E-state index in [9.17, 15) is 0 Å². The van der Waals surface area contributed by atoms with E-state index in [2.05, 4.69) is 49.5 Å². The van der Waals surface area contributed by atoms with Gasteiger partial charge >= 0.3 is 0 Å². The van der Waals surface area contributed by atoms with Gasteiger partial charge in [0.15, 0.2) is 0 Å². The summed E-state index contributed by atoms with van der Waals surface area (Å²) in [6.07, 6.45) is 6.46. The van der Waals surface area contributed by atoms with Crippen molar-refractivity contribution in [2.24, 2.45) is 11.8 Å². The average Bonchev–Trinajstić information content (AvgIpc) is 2.73. The molecular formula is C15H29N3. The molecule has 0 fully saturated rings. The summed E-state index contributed by atoms with van der Waals surface area (Å²) in [7, 11) is 0. The van der Waals surface area contributed by atoms with E-state index in [0.717, 1.165) is 19.0 Å². The van der Waals surface area contributed by atoms with Crippen LogP contribution in [0.25, 0.3) is 0 Å². The summed E-state index contributed by atoms with van der Waals surface area (Å²) in [4.78, 5) is 4.29. The molecule has 1 N–H and O–H groups in total. The van der Waals surface area contributed by atoms with Gasteiger partial charge in [0.2, 0.25) is 0 Å². The summed E-state index contributed by atoms with van der Waals surface area (Å²) in [6.45, 7) is 13.3. The molecule has 1 aromatic heterocycles. The third-order valence-corrected chi connectivity index (χ3v) is 3.24. The lowest BCUT2D eigenvalue weighted by molar-refractivity contribution is 0.425. The molecule has 3 nitrogen and oxygen atoms in total. The normalized spacial score (nSPS) is 13.5. The zero-order valence-corrected chi connectivity index (χ0v) is 12.6. The Balaban J connectivity index is 2.47. The first-order chi connectivity index (χ1) is 8.50. The van der Waals surface area contributed by atoms with Gasteiger partial charge in [0, 0.05) is 18.8 Å². The van der Waals surface area contributed by atoms with Gasteiger partial charge in [-0.05, 0) is 38.1 Å². The fourth-order valence-electron chi connectivity index (χ4n) is 2.07. The van der Waals surface area contributed by atoms with Crippen LogP contribution in [0.5, 0.6) is 0 Å². The molecule has 0 amide bonds. The Hall–Kier alpha value is -0.830. The SMILES string of the molecule is CC(C)CCC(C)n1cncc1CNCC(C)C. The van der Waals surface area contributed by atoms with Crippen LogP contribution in [0.3, 0.4) is 0 Å². The second-order valence-electron chi connectivity index (χ2n) is 6.14. The van der Waals surface area contributed by atoms with E-state index in [1.165, 1.54) is 18.5 Å². The molecule has 1 heterocycles. The molecule has 0 saturated carbocycles. The fraction of sp³-hybridized carbons (Fsp3) is 0.800. The van der Waals surface area contributed by atoms with Crippen molar-refractivity contribution in [1.29, 1.82) is 0 Å². The predicted octanol–water partition coefficient (Wildman–Crippen LogP) is 3.63. The lowest BCUT2D eigenvalue weighted by Gasteiger charge is -2.18. The summed E-state index contributed by atoms with van der Waals surface area (Å²) in [5, 5.41) is 3.49. The minimum atomic E-state index is 0.547. The fourth-order valence-corrected chi connectivity index (χ4v) is 2.07. The van der Waals surface area contributed by atoms with Crippen LogP contribution in [0.1, 0.15) is 59.2 Å². The summed E-state index contributed by atoms with van der Waals surface area (Å²) >= 11 is 0. The molecule has 0 saturated heterocycles. The highest BCUT2D eigenvalue weighted by Crippen LogP contribution is 2.18. The largest absolute Gasteiger partial charge is 0.331 e. The van der Waals surface area contributed by atoms with Crippen LogP contribution in [-0.4, -0.2) is 16.1 Å². The van der Waals surface area contributed by atoms with Crippen molar-refractivity contribution in [2.75, 3.05) is 6.54 Å². The minimum Gasteiger partial charge on any atom is -0.331 e. The summed E-state index contributed by atoms with van der Waals surface area (Å²) < 4.78 is 2.32. The smallest absolute Gasteiger partial charge is 0.0951 e. The van der Waals surface area contributed by atoms with Crippen LogP contribution in [0.4, 0.5) is 0 Å². The van der Waals surface area contributed by atoms with Crippen LogP contribution in [0.15, 0.2) is 12.5 Å². The van der Waals surface area contributed by atoms with Crippen molar-refractivity contribution >= 4 is 0 Å². The quantitative estimate of drug-likeness (QED) is 0.764. The number of nitrogens with zero attached hydrogens (tertiary/aromatic N) is 2. The zero-order valence-electron chi connectivity index (χ0n) is 12.6. The van der Waals surface area contributed by atoms with Crippen molar-refractivity contribution in [2.45, 2.75) is 60.0 Å². The third kappa shape index (κ3) is 5.21. The van der Waals surface area contributed by atoms with Crippen molar-refractivity contribution < 1.29 is 0 Å². The van der Waals surface area contributed by atoms with Crippen LogP contribution in [-0.2, 0) is 6.54 Å². The summed E-state index contributed by atoms with van der Waals surface area (Å²) in [5.74, 6) is 1.47. The lowest BCUT2D eigenvalue weighted by atomic mass is 10.0. The molecular weight excluding hydrogens is 222 g/mol. The van der Waals surface area contributed by atoms with E-state index in [4.69, 9.17) is 0 Å². The number of aromatic nitrogens is 2. The first-order valence-electron chi connectivity index (χ1n) is 7.22. The van der Waals surface area contributed by atoms with Gasteiger partial charge in [-0.1, -0.05) is 27.7 Å². The molecule has 18 heavy (non-hydrogen) atoms. The maximum atomic E-state index is 4.29. The molecule has 0 spiro atoms. The summed E-state index contributed by atoms with van der Waals surface area (Å²) in [5.41, 5.74) is 1.30. The number of nitrogens with one attached hydrogen (secondary N) is 1. The van der Waals surface area contributed by atoms with E-state index in [-0.39, 0.29) is 0 Å². The lowest BCUT2D eigenvalue weighted by Crippen LogP contribution is -2.21. The molecule has 1 aromatic rings. The van der Waals surface area contributed by atoms with Gasteiger partial charge < -0.3 is 9.88 Å². The van der Waals surface area contributed by atoms with Crippen molar-refractivity contribution in [3.05, 3.63) is 18.2 Å². The minimum absolute atomic E-state index is 0.547. The predicted molar refractivity (Wildman–Crippen MR) is 77.6 cm³/mol. The van der Waals surface area contributed by atoms with E-state index in [1.807, 2.05) is 12.5 Å². The van der Waals surface area contributed by atoms with Crippen molar-refractivity contribution in [3.63, 3.8) is 0 Å². The number of hydrogen-bond donors (Lipinski definition) is 1. The molecule has 0 bridgehead atoms. The van der Waals surface area contributed by atoms with Crippen LogP contribution in [0, 0.1) is 11.8 Å². The Labute approximate surface area is 112 Å². The van der Waals surface area contributed by atoms with Gasteiger partial charge in [-0.15, -0.1) is 0 Å². The van der Waals surface area contributed by atoms with Crippen molar-refractivity contribution in [3.8, 4) is 0 Å². The molecule has 0 radical (unpaired) electrons. The van der Waals surface area contributed by atoms with E-state index in [1.54, 1.807) is 0 Å². The molecule has 0 aromatic carbocycles. The third-order valence-electron chi connectivity index (χ3n) is 3.24. The zero-order chi connectivity index (χ0) is 13.5. The van der Waals surface area contributed by atoms with Crippen molar-refractivity contribution in [1.82, 2.24) is 14.9 Å². The molecule has 0 aliphatic carbocycles. The molecule has 1 rings (SSSR count). The van der Waals surface area contributed by atoms with E-state index in [0.29, 0.717) is 12.0 Å². The monoisotopic (exact) mass is 251 g/mol. The van der Waals surface area contributed by atoms with Gasteiger partial charge in [0.25, 0.3) is 0 Å². The second-order valence-corrected chi connectivity index (χ2v) is 6.14. The highest BCUT2D eigenvalue weighted by molar-refractivity contribution is 4.99. The molecule has 3 heteroatoms. The highest BCUT2D eigenvalue weighted by Gasteiger charge is 2.10. The Morgan fingerprint density at radius 1 is 1.11 bits per heavy atom. The number of imidazole rings is 1. The first kappa shape index (κ1) is 15.2. The molecule has 104 valence electrons. The van der Waals surface area contributed by atoms with Crippen LogP contribution >= 0.6 is 0 Å². The van der Waals surface area contributed by atoms with Gasteiger partial charge in [-0.25, -0.2) is 4.98 Å². The van der Waals surface area contributed by atoms with Crippen LogP contribution in [0.2, 0.25) is 0 Å². The maximum Gasteiger partial charge on any atom is 0.0951 e. The summed E-state index contributed by atoms with van der Waals surface area (Å²) in [6, 6.07) is 0.547. The molecule has 0 aliphatic rings. The Kier molecular flexibility index (Phi) is 6.41. The second kappa shape index (κ2) is 7.57. The van der Waals surface area contributed by atoms with Gasteiger partial charge in [-0.2, -0.15) is 0 Å². The van der Waals surface area contributed by atoms with Gasteiger partial charge in [-0.3, -0.25) is 0 Å². The Morgan fingerprint density at radius 3 is 2.44 bits per heavy atom. The highest BCUT2D eigenvalue weighted by atomic mass is 15.1. The van der Waals surface area contributed by atoms with E-state index >= 15 is 0 Å². The van der Waals surface area contributed by atoms with Gasteiger partial charge in [0.05, 0.1) is 12.0 Å². The molecule has 1 atom stereocenters. The standard InChI is InChI=1S/C15H29N3/c1-12(2)6-7-14(5)18-11-17-10-15(18)9-16-8-13(3)4/h10-14,16H,6-9H2,1-5H3. The Bertz CT molecular complexity index is 328. The molecule has 0 aliphatic heterocycles. The number of rotatable bonds is 8. The number of hydrogen-bond acceptors (Lipinski definition) is 2. The van der Waals surface area contributed by atoms with Gasteiger partial charge in [0.1, 0.15) is 0 Å². The molecule has 1 unspecified atom stereocenters. The maximum absolute atomic E-state index is 4.29. The Morgan fingerprint density at radius 2 is 1.83 bits per heavy atom. The topological polar surface area (TPSA) is 29.9 Å². The van der Waals surface area contributed by atoms with E-state index < -0.39 is 0 Å². The average molecular weight is 251 g/mol.